The fourth-order valence-corrected chi connectivity index (χ4v) is 2.90. The van der Waals surface area contributed by atoms with Gasteiger partial charge in [-0.15, -0.1) is 0 Å². The molecule has 1 N–H and O–H groups in total. The molecule has 2 aromatic heterocycles. The van der Waals surface area contributed by atoms with Crippen molar-refractivity contribution in [1.82, 2.24) is 9.38 Å². The van der Waals surface area contributed by atoms with Gasteiger partial charge in [0.05, 0.1) is 7.11 Å². The molecule has 4 rings (SSSR count). The number of nitrogens with one attached hydrogen (secondary N) is 1. The number of ether oxygens (including phenoxy) is 1. The number of anilines is 1. The van der Waals surface area contributed by atoms with Gasteiger partial charge in [-0.3, -0.25) is 9.20 Å². The average Bonchev–Trinajstić information content (AvgIpc) is 3.08. The largest absolute Gasteiger partial charge is 0.497 e. The molecule has 0 bridgehead atoms. The molecule has 2 aromatic carbocycles. The van der Waals surface area contributed by atoms with Crippen molar-refractivity contribution in [2.45, 2.75) is 0 Å². The molecule has 7 heteroatoms. The third-order valence-corrected chi connectivity index (χ3v) is 4.30. The molecule has 0 saturated carbocycles. The number of carbonyl (C=O) groups excluding carboxylic acids is 1. The van der Waals surface area contributed by atoms with Crippen LogP contribution in [0.2, 0.25) is 0 Å². The molecule has 2 heterocycles. The minimum atomic E-state index is -0.634. The van der Waals surface area contributed by atoms with Crippen molar-refractivity contribution in [2.24, 2.45) is 0 Å². The second kappa shape index (κ2) is 7.11. The number of fused-ring (bicyclic) bond motifs is 1. The van der Waals surface area contributed by atoms with Crippen molar-refractivity contribution in [2.75, 3.05) is 12.4 Å². The first-order valence-electron chi connectivity index (χ1n) is 8.45. The number of halogens is 2. The average molecular weight is 379 g/mol. The van der Waals surface area contributed by atoms with E-state index in [0.717, 1.165) is 18.2 Å². The second-order valence-corrected chi connectivity index (χ2v) is 6.04. The minimum absolute atomic E-state index is 0.0336. The molecule has 140 valence electrons. The van der Waals surface area contributed by atoms with Gasteiger partial charge in [-0.1, -0.05) is 6.07 Å². The van der Waals surface area contributed by atoms with Gasteiger partial charge < -0.3 is 10.1 Å². The molecule has 4 aromatic rings. The van der Waals surface area contributed by atoms with Crippen molar-refractivity contribution < 1.29 is 18.3 Å². The highest BCUT2D eigenvalue weighted by molar-refractivity contribution is 6.05. The molecule has 0 spiro atoms. The molecule has 0 saturated heterocycles. The maximum atomic E-state index is 14.4. The smallest absolute Gasteiger partial charge is 0.256 e. The van der Waals surface area contributed by atoms with Crippen LogP contribution in [0.4, 0.5) is 14.6 Å². The van der Waals surface area contributed by atoms with Crippen molar-refractivity contribution >= 4 is 17.4 Å². The number of rotatable bonds is 4. The molecule has 5 nitrogen and oxygen atoms in total. The van der Waals surface area contributed by atoms with E-state index in [4.69, 9.17) is 4.74 Å². The van der Waals surface area contributed by atoms with E-state index in [1.807, 2.05) is 0 Å². The fourth-order valence-electron chi connectivity index (χ4n) is 2.90. The van der Waals surface area contributed by atoms with Crippen molar-refractivity contribution in [1.29, 1.82) is 0 Å². The highest BCUT2D eigenvalue weighted by atomic mass is 19.1. The van der Waals surface area contributed by atoms with Crippen molar-refractivity contribution in [3.63, 3.8) is 0 Å². The summed E-state index contributed by atoms with van der Waals surface area (Å²) < 4.78 is 34.8. The molecule has 0 aliphatic heterocycles. The van der Waals surface area contributed by atoms with Crippen molar-refractivity contribution in [3.05, 3.63) is 84.1 Å². The number of hydrogen-bond donors (Lipinski definition) is 1. The van der Waals surface area contributed by atoms with Crippen LogP contribution in [-0.4, -0.2) is 22.4 Å². The van der Waals surface area contributed by atoms with Gasteiger partial charge in [0.2, 0.25) is 0 Å². The number of hydrogen-bond acceptors (Lipinski definition) is 3. The zero-order valence-corrected chi connectivity index (χ0v) is 14.8. The second-order valence-electron chi connectivity index (χ2n) is 6.04. The zero-order valence-electron chi connectivity index (χ0n) is 14.8. The molecule has 0 aliphatic carbocycles. The Morgan fingerprint density at radius 3 is 2.61 bits per heavy atom. The monoisotopic (exact) mass is 379 g/mol. The summed E-state index contributed by atoms with van der Waals surface area (Å²) in [5, 5.41) is 2.76. The predicted octanol–water partition coefficient (Wildman–Crippen LogP) is 4.54. The molecule has 0 fully saturated rings. The van der Waals surface area contributed by atoms with Crippen LogP contribution in [-0.2, 0) is 0 Å². The fraction of sp³-hybridized carbons (Fsp3) is 0.0476. The molecule has 0 unspecified atom stereocenters. The first-order valence-corrected chi connectivity index (χ1v) is 8.45. The van der Waals surface area contributed by atoms with Crippen molar-refractivity contribution in [3.8, 4) is 17.0 Å². The van der Waals surface area contributed by atoms with E-state index in [1.165, 1.54) is 7.11 Å². The Morgan fingerprint density at radius 2 is 1.86 bits per heavy atom. The van der Waals surface area contributed by atoms with Gasteiger partial charge in [-0.25, -0.2) is 13.8 Å². The lowest BCUT2D eigenvalue weighted by molar-refractivity contribution is 0.102. The Labute approximate surface area is 159 Å². The summed E-state index contributed by atoms with van der Waals surface area (Å²) in [7, 11) is 1.54. The van der Waals surface area contributed by atoms with Crippen LogP contribution in [0, 0.1) is 11.6 Å². The summed E-state index contributed by atoms with van der Waals surface area (Å²) in [6, 6.07) is 14.9. The Balaban J connectivity index is 1.81. The van der Waals surface area contributed by atoms with Gasteiger partial charge in [0.1, 0.15) is 34.5 Å². The lowest BCUT2D eigenvalue weighted by Crippen LogP contribution is -2.14. The van der Waals surface area contributed by atoms with Gasteiger partial charge in [0.15, 0.2) is 0 Å². The first kappa shape index (κ1) is 17.7. The number of imidazole rings is 1. The van der Waals surface area contributed by atoms with Crippen LogP contribution in [0.5, 0.6) is 5.75 Å². The number of aromatic nitrogens is 2. The Bertz CT molecular complexity index is 1170. The third-order valence-electron chi connectivity index (χ3n) is 4.30. The van der Waals surface area contributed by atoms with Crippen LogP contribution < -0.4 is 10.1 Å². The lowest BCUT2D eigenvalue weighted by atomic mass is 10.1. The summed E-state index contributed by atoms with van der Waals surface area (Å²) in [4.78, 5) is 17.1. The summed E-state index contributed by atoms with van der Waals surface area (Å²) >= 11 is 0. The summed E-state index contributed by atoms with van der Waals surface area (Å²) in [5.41, 5.74) is 0.988. The number of pyridine rings is 1. The Kier molecular flexibility index (Phi) is 4.49. The van der Waals surface area contributed by atoms with Crippen LogP contribution >= 0.6 is 0 Å². The number of methoxy groups -OCH3 is 1. The molecular formula is C21H15F2N3O2. The molecule has 0 atom stereocenters. The quantitative estimate of drug-likeness (QED) is 0.566. The maximum absolute atomic E-state index is 14.4. The van der Waals surface area contributed by atoms with E-state index >= 15 is 0 Å². The SMILES string of the molecule is COc1ccc(C(=O)Nc2c(-c3cc(F)ccc3F)nc3ccccn23)cc1. The van der Waals surface area contributed by atoms with Crippen LogP contribution in [0.15, 0.2) is 66.9 Å². The summed E-state index contributed by atoms with van der Waals surface area (Å²) in [6.45, 7) is 0. The Hall–Kier alpha value is -3.74. The minimum Gasteiger partial charge on any atom is -0.497 e. The van der Waals surface area contributed by atoms with Crippen LogP contribution in [0.3, 0.4) is 0 Å². The summed E-state index contributed by atoms with van der Waals surface area (Å²) in [5.74, 6) is -0.771. The van der Waals surface area contributed by atoms with E-state index in [9.17, 15) is 13.6 Å². The molecule has 1 amide bonds. The van der Waals surface area contributed by atoms with Gasteiger partial charge in [-0.2, -0.15) is 0 Å². The first-order chi connectivity index (χ1) is 13.6. The zero-order chi connectivity index (χ0) is 19.7. The number of carbonyl (C=O) groups is 1. The van der Waals surface area contributed by atoms with E-state index < -0.39 is 17.5 Å². The summed E-state index contributed by atoms with van der Waals surface area (Å²) in [6.07, 6.45) is 1.69. The Morgan fingerprint density at radius 1 is 1.07 bits per heavy atom. The maximum Gasteiger partial charge on any atom is 0.256 e. The lowest BCUT2D eigenvalue weighted by Gasteiger charge is -2.09. The van der Waals surface area contributed by atoms with E-state index in [1.54, 1.807) is 53.1 Å². The predicted molar refractivity (Wildman–Crippen MR) is 101 cm³/mol. The molecule has 0 aliphatic rings. The highest BCUT2D eigenvalue weighted by Gasteiger charge is 2.20. The third kappa shape index (κ3) is 3.18. The number of benzene rings is 2. The molecule has 0 radical (unpaired) electrons. The van der Waals surface area contributed by atoms with Crippen LogP contribution in [0.1, 0.15) is 10.4 Å². The highest BCUT2D eigenvalue weighted by Crippen LogP contribution is 2.31. The molecular weight excluding hydrogens is 364 g/mol. The standard InChI is InChI=1S/C21H15F2N3O2/c1-28-15-8-5-13(6-9-15)21(27)25-20-19(16-12-14(22)7-10-17(16)23)24-18-4-2-3-11-26(18)20/h2-12H,1H3,(H,25,27). The van der Waals surface area contributed by atoms with E-state index in [2.05, 4.69) is 10.3 Å². The topological polar surface area (TPSA) is 55.6 Å². The van der Waals surface area contributed by atoms with Crippen LogP contribution in [0.25, 0.3) is 16.9 Å². The van der Waals surface area contributed by atoms with Gasteiger partial charge in [-0.05, 0) is 54.6 Å². The van der Waals surface area contributed by atoms with Gasteiger partial charge in [0, 0.05) is 17.3 Å². The van der Waals surface area contributed by atoms with E-state index in [0.29, 0.717) is 17.0 Å². The number of amides is 1. The van der Waals surface area contributed by atoms with E-state index in [-0.39, 0.29) is 17.1 Å². The number of nitrogens with zero attached hydrogens (tertiary/aromatic N) is 2. The normalized spacial score (nSPS) is 10.8. The van der Waals surface area contributed by atoms with Gasteiger partial charge >= 0.3 is 0 Å². The molecule has 28 heavy (non-hydrogen) atoms. The van der Waals surface area contributed by atoms with Gasteiger partial charge in [0.25, 0.3) is 5.91 Å².